The topological polar surface area (TPSA) is 65.5 Å². The molecule has 0 bridgehead atoms. The van der Waals surface area contributed by atoms with Crippen LogP contribution in [0.2, 0.25) is 0 Å². The van der Waals surface area contributed by atoms with Crippen LogP contribution in [-0.4, -0.2) is 21.0 Å². The van der Waals surface area contributed by atoms with Gasteiger partial charge in [0.05, 0.1) is 10.4 Å². The molecular weight excluding hydrogens is 454 g/mol. The molecule has 5 nitrogen and oxygen atoms in total. The first kappa shape index (κ1) is 22.9. The summed E-state index contributed by atoms with van der Waals surface area (Å²) in [7, 11) is 0. The molecule has 35 heavy (non-hydrogen) atoms. The monoisotopic (exact) mass is 479 g/mol. The molecule has 0 atom stereocenters. The summed E-state index contributed by atoms with van der Waals surface area (Å²) in [5.74, 6) is -0.490. The van der Waals surface area contributed by atoms with Gasteiger partial charge in [0.2, 0.25) is 0 Å². The van der Waals surface area contributed by atoms with E-state index in [0.29, 0.717) is 4.88 Å². The predicted molar refractivity (Wildman–Crippen MR) is 140 cm³/mol. The van der Waals surface area contributed by atoms with E-state index in [4.69, 9.17) is 5.21 Å². The van der Waals surface area contributed by atoms with E-state index < -0.39 is 5.91 Å². The molecule has 0 fully saturated rings. The van der Waals surface area contributed by atoms with Crippen LogP contribution in [0.1, 0.15) is 26.4 Å². The van der Waals surface area contributed by atoms with Crippen molar-refractivity contribution >= 4 is 28.1 Å². The van der Waals surface area contributed by atoms with E-state index in [9.17, 15) is 4.79 Å². The number of pyridine rings is 1. The first-order valence-electron chi connectivity index (χ1n) is 11.4. The highest BCUT2D eigenvalue weighted by Crippen LogP contribution is 2.29. The van der Waals surface area contributed by atoms with Crippen molar-refractivity contribution in [3.8, 4) is 10.4 Å². The largest absolute Gasteiger partial charge is 0.291 e. The number of carbonyl (C=O) groups is 1. The zero-order chi connectivity index (χ0) is 24.0. The fraction of sp³-hybridized carbons (Fsp3) is 0.103. The number of benzene rings is 3. The van der Waals surface area contributed by atoms with Gasteiger partial charge in [-0.15, -0.1) is 11.3 Å². The number of para-hydroxylation sites is 1. The van der Waals surface area contributed by atoms with Crippen molar-refractivity contribution in [3.05, 3.63) is 125 Å². The van der Waals surface area contributed by atoms with Crippen molar-refractivity contribution in [2.45, 2.75) is 19.6 Å². The second kappa shape index (κ2) is 10.6. The van der Waals surface area contributed by atoms with Gasteiger partial charge in [0.15, 0.2) is 0 Å². The molecule has 2 N–H and O–H groups in total. The normalized spacial score (nSPS) is 11.1. The van der Waals surface area contributed by atoms with E-state index in [0.717, 1.165) is 35.6 Å². The summed E-state index contributed by atoms with van der Waals surface area (Å²) in [5, 5.41) is 10.1. The SMILES string of the molecule is O=C(NO)c1ccc(-c2cccc(CN(Cc3ccccc3)Cc3ccnc4ccccc34)c2)s1. The Labute approximate surface area is 208 Å². The van der Waals surface area contributed by atoms with Gasteiger partial charge < -0.3 is 0 Å². The number of hydroxylamine groups is 1. The van der Waals surface area contributed by atoms with Crippen molar-refractivity contribution in [1.29, 1.82) is 0 Å². The lowest BCUT2D eigenvalue weighted by atomic mass is 10.1. The van der Waals surface area contributed by atoms with Gasteiger partial charge in [-0.25, -0.2) is 5.48 Å². The van der Waals surface area contributed by atoms with Crippen LogP contribution in [0.5, 0.6) is 0 Å². The fourth-order valence-electron chi connectivity index (χ4n) is 4.29. The van der Waals surface area contributed by atoms with E-state index in [1.807, 2.05) is 30.5 Å². The van der Waals surface area contributed by atoms with Gasteiger partial charge in [-0.1, -0.05) is 66.7 Å². The summed E-state index contributed by atoms with van der Waals surface area (Å²) in [6.07, 6.45) is 1.88. The number of fused-ring (bicyclic) bond motifs is 1. The molecule has 5 rings (SSSR count). The Hall–Kier alpha value is -3.84. The number of nitrogens with one attached hydrogen (secondary N) is 1. The van der Waals surface area contributed by atoms with Gasteiger partial charge >= 0.3 is 0 Å². The van der Waals surface area contributed by atoms with Gasteiger partial charge in [-0.05, 0) is 52.6 Å². The molecular formula is C29H25N3O2S. The number of hydrogen-bond acceptors (Lipinski definition) is 5. The Morgan fingerprint density at radius 1 is 0.829 bits per heavy atom. The number of carbonyl (C=O) groups excluding carboxylic acids is 1. The minimum atomic E-state index is -0.490. The van der Waals surface area contributed by atoms with Gasteiger partial charge in [0.25, 0.3) is 5.91 Å². The third kappa shape index (κ3) is 5.46. The summed E-state index contributed by atoms with van der Waals surface area (Å²) < 4.78 is 0. The molecule has 3 aromatic carbocycles. The Balaban J connectivity index is 1.43. The zero-order valence-electron chi connectivity index (χ0n) is 19.1. The molecule has 0 aliphatic rings. The number of thiophene rings is 1. The molecule has 6 heteroatoms. The highest BCUT2D eigenvalue weighted by atomic mass is 32.1. The quantitative estimate of drug-likeness (QED) is 0.203. The molecule has 0 saturated carbocycles. The lowest BCUT2D eigenvalue weighted by Crippen LogP contribution is -2.22. The summed E-state index contributed by atoms with van der Waals surface area (Å²) >= 11 is 1.36. The highest BCUT2D eigenvalue weighted by Gasteiger charge is 2.13. The number of rotatable bonds is 8. The highest BCUT2D eigenvalue weighted by molar-refractivity contribution is 7.17. The maximum atomic E-state index is 11.7. The lowest BCUT2D eigenvalue weighted by molar-refractivity contribution is 0.0711. The number of nitrogens with zero attached hydrogens (tertiary/aromatic N) is 2. The number of hydrogen-bond donors (Lipinski definition) is 2. The van der Waals surface area contributed by atoms with Crippen molar-refractivity contribution in [2.75, 3.05) is 0 Å². The van der Waals surface area contributed by atoms with Crippen LogP contribution in [0.15, 0.2) is 103 Å². The van der Waals surface area contributed by atoms with Crippen molar-refractivity contribution in [1.82, 2.24) is 15.4 Å². The third-order valence-corrected chi connectivity index (χ3v) is 7.06. The van der Waals surface area contributed by atoms with Crippen molar-refractivity contribution in [2.24, 2.45) is 0 Å². The lowest BCUT2D eigenvalue weighted by Gasteiger charge is -2.24. The van der Waals surface area contributed by atoms with Crippen LogP contribution in [0, 0.1) is 0 Å². The molecule has 0 aliphatic heterocycles. The molecule has 174 valence electrons. The summed E-state index contributed by atoms with van der Waals surface area (Å²) in [6, 6.07) is 33.0. The second-order valence-corrected chi connectivity index (χ2v) is 9.51. The molecule has 0 aliphatic carbocycles. The molecule has 2 aromatic heterocycles. The maximum Gasteiger partial charge on any atom is 0.284 e. The van der Waals surface area contributed by atoms with Crippen molar-refractivity contribution in [3.63, 3.8) is 0 Å². The van der Waals surface area contributed by atoms with Crippen molar-refractivity contribution < 1.29 is 10.0 Å². The van der Waals surface area contributed by atoms with Gasteiger partial charge in [0, 0.05) is 36.1 Å². The van der Waals surface area contributed by atoms with Crippen LogP contribution in [-0.2, 0) is 19.6 Å². The van der Waals surface area contributed by atoms with Crippen LogP contribution < -0.4 is 5.48 Å². The Morgan fingerprint density at radius 3 is 2.46 bits per heavy atom. The Morgan fingerprint density at radius 2 is 1.60 bits per heavy atom. The molecule has 2 heterocycles. The van der Waals surface area contributed by atoms with E-state index in [1.165, 1.54) is 33.4 Å². The van der Waals surface area contributed by atoms with E-state index in [-0.39, 0.29) is 0 Å². The molecule has 0 unspecified atom stereocenters. The first-order valence-corrected chi connectivity index (χ1v) is 12.2. The van der Waals surface area contributed by atoms with Gasteiger partial charge in [-0.2, -0.15) is 0 Å². The molecule has 1 amide bonds. The zero-order valence-corrected chi connectivity index (χ0v) is 19.9. The van der Waals surface area contributed by atoms with E-state index in [2.05, 4.69) is 76.6 Å². The van der Waals surface area contributed by atoms with Crippen LogP contribution >= 0.6 is 11.3 Å². The Kier molecular flexibility index (Phi) is 6.95. The van der Waals surface area contributed by atoms with Crippen LogP contribution in [0.4, 0.5) is 0 Å². The molecule has 0 radical (unpaired) electrons. The summed E-state index contributed by atoms with van der Waals surface area (Å²) in [4.78, 5) is 20.2. The molecule has 5 aromatic rings. The van der Waals surface area contributed by atoms with Gasteiger partial charge in [-0.3, -0.25) is 19.9 Å². The molecule has 0 spiro atoms. The average Bonchev–Trinajstić information content (AvgIpc) is 3.40. The molecule has 0 saturated heterocycles. The average molecular weight is 480 g/mol. The van der Waals surface area contributed by atoms with Crippen LogP contribution in [0.25, 0.3) is 21.3 Å². The van der Waals surface area contributed by atoms with E-state index >= 15 is 0 Å². The van der Waals surface area contributed by atoms with Gasteiger partial charge in [0.1, 0.15) is 0 Å². The fourth-order valence-corrected chi connectivity index (χ4v) is 5.19. The minimum Gasteiger partial charge on any atom is -0.291 e. The number of aromatic nitrogens is 1. The predicted octanol–water partition coefficient (Wildman–Crippen LogP) is 6.28. The summed E-state index contributed by atoms with van der Waals surface area (Å²) in [6.45, 7) is 2.39. The summed E-state index contributed by atoms with van der Waals surface area (Å²) in [5.41, 5.74) is 7.47. The number of amides is 1. The standard InChI is InChI=1S/C29H25N3O2S/c33-29(31-34)28-14-13-27(35-28)23-10-6-9-22(17-23)19-32(18-21-7-2-1-3-8-21)20-24-15-16-30-26-12-5-4-11-25(24)26/h1-17,34H,18-20H2,(H,31,33). The van der Waals surface area contributed by atoms with E-state index in [1.54, 1.807) is 11.5 Å². The van der Waals surface area contributed by atoms with Crippen LogP contribution in [0.3, 0.4) is 0 Å². The smallest absolute Gasteiger partial charge is 0.284 e. The third-order valence-electron chi connectivity index (χ3n) is 5.93. The minimum absolute atomic E-state index is 0.475. The Bertz CT molecular complexity index is 1440. The first-order chi connectivity index (χ1) is 17.2. The second-order valence-electron chi connectivity index (χ2n) is 8.42. The maximum absolute atomic E-state index is 11.7.